The normalized spacial score (nSPS) is 12.2. The van der Waals surface area contributed by atoms with Crippen LogP contribution in [0.25, 0.3) is 22.5 Å². The Hall–Kier alpha value is -3.13. The predicted molar refractivity (Wildman–Crippen MR) is 109 cm³/mol. The smallest absolute Gasteiger partial charge is 0.237 e. The number of carbonyl (C=O) groups excluding carboxylic acids is 1. The molecule has 0 aliphatic heterocycles. The molecule has 1 N–H and O–H groups in total. The van der Waals surface area contributed by atoms with E-state index in [2.05, 4.69) is 20.5 Å². The summed E-state index contributed by atoms with van der Waals surface area (Å²) < 4.78 is 7.37. The van der Waals surface area contributed by atoms with Gasteiger partial charge in [0.25, 0.3) is 0 Å². The van der Waals surface area contributed by atoms with Crippen LogP contribution in [0.15, 0.2) is 64.5 Å². The van der Waals surface area contributed by atoms with E-state index in [-0.39, 0.29) is 11.2 Å². The van der Waals surface area contributed by atoms with Gasteiger partial charge in [-0.05, 0) is 50.2 Å². The summed E-state index contributed by atoms with van der Waals surface area (Å²) >= 11 is 1.37. The molecule has 0 aliphatic rings. The van der Waals surface area contributed by atoms with Crippen molar-refractivity contribution in [2.75, 3.05) is 5.32 Å². The largest absolute Gasteiger partial charge is 0.461 e. The molecule has 4 aromatic rings. The number of aromatic nitrogens is 4. The third kappa shape index (κ3) is 3.50. The Morgan fingerprint density at radius 3 is 2.89 bits per heavy atom. The van der Waals surface area contributed by atoms with Gasteiger partial charge in [-0.1, -0.05) is 17.8 Å². The molecule has 0 bridgehead atoms. The number of hydrogen-bond acceptors (Lipinski definition) is 6. The fourth-order valence-electron chi connectivity index (χ4n) is 2.91. The summed E-state index contributed by atoms with van der Waals surface area (Å²) in [5.74, 6) is 1.20. The summed E-state index contributed by atoms with van der Waals surface area (Å²) in [7, 11) is 0. The maximum absolute atomic E-state index is 12.8. The number of amides is 1. The zero-order chi connectivity index (χ0) is 19.5. The van der Waals surface area contributed by atoms with Crippen LogP contribution in [0.3, 0.4) is 0 Å². The molecule has 4 rings (SSSR count). The fraction of sp³-hybridized carbons (Fsp3) is 0.200. The van der Waals surface area contributed by atoms with Gasteiger partial charge in [0.05, 0.1) is 22.7 Å². The topological polar surface area (TPSA) is 85.8 Å². The first-order chi connectivity index (χ1) is 13.7. The van der Waals surface area contributed by atoms with Crippen molar-refractivity contribution in [1.29, 1.82) is 0 Å². The van der Waals surface area contributed by atoms with E-state index in [1.165, 1.54) is 11.8 Å². The predicted octanol–water partition coefficient (Wildman–Crippen LogP) is 4.23. The first-order valence-electron chi connectivity index (χ1n) is 8.95. The van der Waals surface area contributed by atoms with E-state index in [0.717, 1.165) is 16.6 Å². The lowest BCUT2D eigenvalue weighted by atomic mass is 10.2. The van der Waals surface area contributed by atoms with E-state index in [0.29, 0.717) is 23.3 Å². The van der Waals surface area contributed by atoms with Gasteiger partial charge in [-0.25, -0.2) is 0 Å². The first kappa shape index (κ1) is 18.2. The lowest BCUT2D eigenvalue weighted by Gasteiger charge is -2.13. The Labute approximate surface area is 166 Å². The molecule has 28 heavy (non-hydrogen) atoms. The van der Waals surface area contributed by atoms with E-state index in [9.17, 15) is 4.79 Å². The number of furan rings is 1. The molecule has 1 amide bonds. The second-order valence-corrected chi connectivity index (χ2v) is 7.46. The summed E-state index contributed by atoms with van der Waals surface area (Å²) in [6.07, 6.45) is 3.34. The number of thioether (sulfide) groups is 1. The van der Waals surface area contributed by atoms with E-state index in [1.54, 1.807) is 12.5 Å². The molecule has 1 aromatic carbocycles. The van der Waals surface area contributed by atoms with Gasteiger partial charge >= 0.3 is 0 Å². The lowest BCUT2D eigenvalue weighted by Crippen LogP contribution is -2.23. The van der Waals surface area contributed by atoms with Crippen molar-refractivity contribution < 1.29 is 9.21 Å². The molecule has 1 atom stereocenters. The second-order valence-electron chi connectivity index (χ2n) is 6.15. The van der Waals surface area contributed by atoms with E-state index in [4.69, 9.17) is 4.42 Å². The highest BCUT2D eigenvalue weighted by atomic mass is 32.2. The zero-order valence-corrected chi connectivity index (χ0v) is 16.3. The summed E-state index contributed by atoms with van der Waals surface area (Å²) in [6, 6.07) is 13.1. The standard InChI is InChI=1S/C20H19N5O2S/c1-3-25-18(17-10-6-12-27-17)23-24-20(25)28-13(2)19(26)22-16-9-4-8-15-14(16)7-5-11-21-15/h4-13H,3H2,1-2H3,(H,22,26). The second kappa shape index (κ2) is 7.85. The van der Waals surface area contributed by atoms with Crippen molar-refractivity contribution in [2.24, 2.45) is 0 Å². The van der Waals surface area contributed by atoms with Gasteiger partial charge < -0.3 is 9.73 Å². The number of fused-ring (bicyclic) bond motifs is 1. The Morgan fingerprint density at radius 2 is 2.11 bits per heavy atom. The van der Waals surface area contributed by atoms with Crippen LogP contribution in [0.5, 0.6) is 0 Å². The minimum atomic E-state index is -0.356. The maximum atomic E-state index is 12.8. The number of pyridine rings is 1. The Balaban J connectivity index is 1.52. The Bertz CT molecular complexity index is 1100. The molecule has 0 saturated heterocycles. The number of carbonyl (C=O) groups is 1. The minimum Gasteiger partial charge on any atom is -0.461 e. The highest BCUT2D eigenvalue weighted by Crippen LogP contribution is 2.28. The van der Waals surface area contributed by atoms with Crippen molar-refractivity contribution in [3.05, 3.63) is 54.9 Å². The van der Waals surface area contributed by atoms with Gasteiger partial charge in [0.2, 0.25) is 5.91 Å². The third-order valence-corrected chi connectivity index (χ3v) is 5.41. The van der Waals surface area contributed by atoms with Crippen LogP contribution >= 0.6 is 11.8 Å². The molecular weight excluding hydrogens is 374 g/mol. The highest BCUT2D eigenvalue weighted by Gasteiger charge is 2.21. The third-order valence-electron chi connectivity index (χ3n) is 4.33. The van der Waals surface area contributed by atoms with Gasteiger partial charge in [0.1, 0.15) is 0 Å². The fourth-order valence-corrected chi connectivity index (χ4v) is 3.82. The van der Waals surface area contributed by atoms with Crippen LogP contribution < -0.4 is 5.32 Å². The number of rotatable bonds is 6. The molecule has 0 radical (unpaired) electrons. The molecule has 142 valence electrons. The monoisotopic (exact) mass is 393 g/mol. The molecule has 3 aromatic heterocycles. The van der Waals surface area contributed by atoms with Crippen LogP contribution in [0.2, 0.25) is 0 Å². The van der Waals surface area contributed by atoms with E-state index >= 15 is 0 Å². The maximum Gasteiger partial charge on any atom is 0.237 e. The van der Waals surface area contributed by atoms with Crippen LogP contribution in [0, 0.1) is 0 Å². The average Bonchev–Trinajstić information content (AvgIpc) is 3.37. The van der Waals surface area contributed by atoms with Gasteiger partial charge in [-0.3, -0.25) is 14.3 Å². The molecule has 0 spiro atoms. The summed E-state index contributed by atoms with van der Waals surface area (Å²) in [6.45, 7) is 4.53. The number of nitrogens with one attached hydrogen (secondary N) is 1. The molecular formula is C20H19N5O2S. The SMILES string of the molecule is CCn1c(SC(C)C(=O)Nc2cccc3ncccc23)nnc1-c1ccco1. The average molecular weight is 393 g/mol. The highest BCUT2D eigenvalue weighted by molar-refractivity contribution is 8.00. The first-order valence-corrected chi connectivity index (χ1v) is 9.83. The minimum absolute atomic E-state index is 0.105. The van der Waals surface area contributed by atoms with E-state index in [1.807, 2.05) is 60.9 Å². The molecule has 0 aliphatic carbocycles. The summed E-state index contributed by atoms with van der Waals surface area (Å²) in [5.41, 5.74) is 1.59. The van der Waals surface area contributed by atoms with Crippen LogP contribution in [-0.4, -0.2) is 30.9 Å². The number of benzene rings is 1. The van der Waals surface area contributed by atoms with Gasteiger partial charge in [0, 0.05) is 18.1 Å². The van der Waals surface area contributed by atoms with Crippen LogP contribution in [-0.2, 0) is 11.3 Å². The van der Waals surface area contributed by atoms with Crippen LogP contribution in [0.1, 0.15) is 13.8 Å². The zero-order valence-electron chi connectivity index (χ0n) is 15.5. The van der Waals surface area contributed by atoms with Gasteiger partial charge in [-0.15, -0.1) is 10.2 Å². The van der Waals surface area contributed by atoms with Crippen molar-refractivity contribution in [3.63, 3.8) is 0 Å². The van der Waals surface area contributed by atoms with Gasteiger partial charge in [-0.2, -0.15) is 0 Å². The summed E-state index contributed by atoms with van der Waals surface area (Å²) in [4.78, 5) is 17.1. The van der Waals surface area contributed by atoms with Crippen molar-refractivity contribution in [2.45, 2.75) is 30.8 Å². The van der Waals surface area contributed by atoms with Gasteiger partial charge in [0.15, 0.2) is 16.7 Å². The molecule has 1 unspecified atom stereocenters. The number of hydrogen-bond donors (Lipinski definition) is 1. The van der Waals surface area contributed by atoms with Crippen molar-refractivity contribution in [1.82, 2.24) is 19.7 Å². The van der Waals surface area contributed by atoms with Crippen molar-refractivity contribution in [3.8, 4) is 11.6 Å². The number of nitrogens with zero attached hydrogens (tertiary/aromatic N) is 4. The Kier molecular flexibility index (Phi) is 5.12. The molecule has 0 saturated carbocycles. The Morgan fingerprint density at radius 1 is 1.21 bits per heavy atom. The molecule has 7 nitrogen and oxygen atoms in total. The van der Waals surface area contributed by atoms with Crippen molar-refractivity contribution >= 4 is 34.3 Å². The molecule has 0 fully saturated rings. The van der Waals surface area contributed by atoms with E-state index < -0.39 is 0 Å². The molecule has 3 heterocycles. The molecule has 8 heteroatoms. The quantitative estimate of drug-likeness (QED) is 0.494. The lowest BCUT2D eigenvalue weighted by molar-refractivity contribution is -0.115. The van der Waals surface area contributed by atoms with Crippen LogP contribution in [0.4, 0.5) is 5.69 Å². The number of anilines is 1. The summed E-state index contributed by atoms with van der Waals surface area (Å²) in [5, 5.41) is 12.7.